The average Bonchev–Trinajstić information content (AvgIpc) is 2.94. The Bertz CT molecular complexity index is 595. The lowest BCUT2D eigenvalue weighted by Gasteiger charge is -2.28. The number of nitrogens with one attached hydrogen (secondary N) is 1. The summed E-state index contributed by atoms with van der Waals surface area (Å²) in [6, 6.07) is 7.20. The molecule has 0 aliphatic carbocycles. The summed E-state index contributed by atoms with van der Waals surface area (Å²) in [5.41, 5.74) is 2.85. The zero-order chi connectivity index (χ0) is 12.8. The first-order chi connectivity index (χ1) is 9.28. The van der Waals surface area contributed by atoms with Crippen molar-refractivity contribution in [1.29, 1.82) is 0 Å². The number of aryl methyl sites for hydroxylation is 1. The summed E-state index contributed by atoms with van der Waals surface area (Å²) >= 11 is 0. The van der Waals surface area contributed by atoms with Crippen LogP contribution in [0.25, 0.3) is 11.1 Å². The number of aromatic nitrogens is 1. The average molecular weight is 258 g/mol. The van der Waals surface area contributed by atoms with Gasteiger partial charge in [0, 0.05) is 12.1 Å². The first-order valence-electron chi connectivity index (χ1n) is 7.07. The third-order valence-corrected chi connectivity index (χ3v) is 4.30. The highest BCUT2D eigenvalue weighted by atomic mass is 16.6. The monoisotopic (exact) mass is 258 g/mol. The predicted molar refractivity (Wildman–Crippen MR) is 72.3 cm³/mol. The van der Waals surface area contributed by atoms with E-state index in [9.17, 15) is 0 Å². The van der Waals surface area contributed by atoms with Crippen molar-refractivity contribution in [1.82, 2.24) is 10.3 Å². The Balaban J connectivity index is 1.56. The highest BCUT2D eigenvalue weighted by Crippen LogP contribution is 2.30. The third kappa shape index (κ3) is 2.00. The van der Waals surface area contributed by atoms with E-state index in [0.29, 0.717) is 18.2 Å². The summed E-state index contributed by atoms with van der Waals surface area (Å²) in [4.78, 5) is 4.47. The first kappa shape index (κ1) is 11.3. The van der Waals surface area contributed by atoms with Crippen LogP contribution >= 0.6 is 0 Å². The molecule has 0 spiro atoms. The number of piperidine rings is 1. The van der Waals surface area contributed by atoms with Gasteiger partial charge in [-0.25, -0.2) is 0 Å². The molecule has 2 saturated heterocycles. The number of para-hydroxylation sites is 1. The van der Waals surface area contributed by atoms with Crippen molar-refractivity contribution in [2.75, 3.05) is 0 Å². The second-order valence-corrected chi connectivity index (χ2v) is 5.75. The van der Waals surface area contributed by atoms with Crippen LogP contribution in [-0.4, -0.2) is 23.2 Å². The van der Waals surface area contributed by atoms with Crippen LogP contribution in [0.5, 0.6) is 6.08 Å². The molecule has 3 heterocycles. The van der Waals surface area contributed by atoms with Crippen LogP contribution in [0.1, 0.15) is 31.2 Å². The molecule has 100 valence electrons. The molecule has 2 aliphatic rings. The van der Waals surface area contributed by atoms with E-state index in [1.807, 2.05) is 25.1 Å². The van der Waals surface area contributed by atoms with Crippen LogP contribution in [0.4, 0.5) is 0 Å². The van der Waals surface area contributed by atoms with E-state index >= 15 is 0 Å². The fourth-order valence-corrected chi connectivity index (χ4v) is 3.36. The van der Waals surface area contributed by atoms with Crippen molar-refractivity contribution in [3.05, 3.63) is 23.8 Å². The summed E-state index contributed by atoms with van der Waals surface area (Å²) < 4.78 is 11.6. The van der Waals surface area contributed by atoms with Crippen LogP contribution in [-0.2, 0) is 0 Å². The van der Waals surface area contributed by atoms with E-state index < -0.39 is 0 Å². The molecule has 1 aromatic heterocycles. The van der Waals surface area contributed by atoms with Crippen molar-refractivity contribution in [2.24, 2.45) is 0 Å². The molecule has 1 unspecified atom stereocenters. The van der Waals surface area contributed by atoms with E-state index in [1.165, 1.54) is 12.8 Å². The quantitative estimate of drug-likeness (QED) is 0.899. The van der Waals surface area contributed by atoms with E-state index in [2.05, 4.69) is 10.3 Å². The fraction of sp³-hybridized carbons (Fsp3) is 0.533. The Morgan fingerprint density at radius 2 is 2.05 bits per heavy atom. The van der Waals surface area contributed by atoms with Crippen LogP contribution < -0.4 is 10.1 Å². The van der Waals surface area contributed by atoms with Crippen molar-refractivity contribution in [2.45, 2.75) is 50.8 Å². The van der Waals surface area contributed by atoms with Crippen molar-refractivity contribution in [3.63, 3.8) is 0 Å². The van der Waals surface area contributed by atoms with E-state index in [4.69, 9.17) is 9.15 Å². The van der Waals surface area contributed by atoms with Crippen molar-refractivity contribution >= 4 is 11.1 Å². The maximum absolute atomic E-state index is 5.96. The van der Waals surface area contributed by atoms with Gasteiger partial charge in [0.15, 0.2) is 5.58 Å². The zero-order valence-corrected chi connectivity index (χ0v) is 11.1. The predicted octanol–water partition coefficient (Wildman–Crippen LogP) is 2.80. The Labute approximate surface area is 112 Å². The molecule has 4 heteroatoms. The fourth-order valence-electron chi connectivity index (χ4n) is 3.36. The maximum Gasteiger partial charge on any atom is 0.394 e. The van der Waals surface area contributed by atoms with Crippen LogP contribution in [0.15, 0.2) is 22.6 Å². The van der Waals surface area contributed by atoms with Gasteiger partial charge in [-0.1, -0.05) is 12.1 Å². The molecule has 1 aromatic carbocycles. The number of nitrogens with zero attached hydrogens (tertiary/aromatic N) is 1. The lowest BCUT2D eigenvalue weighted by molar-refractivity contribution is 0.103. The zero-order valence-electron chi connectivity index (χ0n) is 11.1. The summed E-state index contributed by atoms with van der Waals surface area (Å²) in [6.07, 6.45) is 5.35. The van der Waals surface area contributed by atoms with E-state index in [0.717, 1.165) is 29.5 Å². The number of hydrogen-bond acceptors (Lipinski definition) is 4. The Morgan fingerprint density at radius 1 is 1.26 bits per heavy atom. The third-order valence-electron chi connectivity index (χ3n) is 4.30. The van der Waals surface area contributed by atoms with E-state index in [1.54, 1.807) is 0 Å². The number of hydrogen-bond donors (Lipinski definition) is 1. The van der Waals surface area contributed by atoms with Gasteiger partial charge in [0.2, 0.25) is 0 Å². The molecule has 2 fully saturated rings. The molecule has 19 heavy (non-hydrogen) atoms. The minimum absolute atomic E-state index is 0.243. The highest BCUT2D eigenvalue weighted by molar-refractivity contribution is 5.76. The van der Waals surface area contributed by atoms with E-state index in [-0.39, 0.29) is 6.10 Å². The Hall–Kier alpha value is -1.55. The van der Waals surface area contributed by atoms with Gasteiger partial charge >= 0.3 is 6.08 Å². The normalized spacial score (nSPS) is 29.8. The number of fused-ring (bicyclic) bond motifs is 3. The molecule has 2 bridgehead atoms. The van der Waals surface area contributed by atoms with Crippen LogP contribution in [0, 0.1) is 6.92 Å². The lowest BCUT2D eigenvalue weighted by Crippen LogP contribution is -2.42. The first-order valence-corrected chi connectivity index (χ1v) is 7.07. The van der Waals surface area contributed by atoms with Gasteiger partial charge in [0.1, 0.15) is 11.6 Å². The summed E-state index contributed by atoms with van der Waals surface area (Å²) in [5, 5.41) is 3.61. The molecule has 0 radical (unpaired) electrons. The molecule has 4 nitrogen and oxygen atoms in total. The smallest absolute Gasteiger partial charge is 0.394 e. The molecule has 2 aromatic rings. The number of ether oxygens (including phenoxy) is 1. The molecular weight excluding hydrogens is 240 g/mol. The minimum atomic E-state index is 0.243. The molecule has 2 aliphatic heterocycles. The lowest BCUT2D eigenvalue weighted by atomic mass is 10.0. The number of oxazole rings is 1. The highest BCUT2D eigenvalue weighted by Gasteiger charge is 2.35. The van der Waals surface area contributed by atoms with Gasteiger partial charge in [-0.15, -0.1) is 0 Å². The number of benzene rings is 1. The van der Waals surface area contributed by atoms with Gasteiger partial charge in [-0.05, 0) is 44.2 Å². The largest absolute Gasteiger partial charge is 0.447 e. The van der Waals surface area contributed by atoms with Gasteiger partial charge < -0.3 is 14.5 Å². The summed E-state index contributed by atoms with van der Waals surface area (Å²) in [7, 11) is 0. The topological polar surface area (TPSA) is 47.3 Å². The molecular formula is C15H18N2O2. The summed E-state index contributed by atoms with van der Waals surface area (Å²) in [6.45, 7) is 2.04. The summed E-state index contributed by atoms with van der Waals surface area (Å²) in [5.74, 6) is 0. The Morgan fingerprint density at radius 3 is 2.79 bits per heavy atom. The van der Waals surface area contributed by atoms with Gasteiger partial charge in [0.25, 0.3) is 0 Å². The van der Waals surface area contributed by atoms with Crippen LogP contribution in [0.3, 0.4) is 0 Å². The molecule has 3 atom stereocenters. The molecule has 1 N–H and O–H groups in total. The minimum Gasteiger partial charge on any atom is -0.447 e. The molecule has 0 amide bonds. The standard InChI is InChI=1S/C15H18N2O2/c1-9-3-2-4-13-14(9)17-15(19-13)18-12-7-10-5-6-11(8-12)16-10/h2-4,10-12,16H,5-8H2,1H3/t10-,11+,12?. The SMILES string of the molecule is Cc1cccc2oc(OC3C[C@H]4CC[C@@H](C3)N4)nc12. The maximum atomic E-state index is 5.96. The van der Waals surface area contributed by atoms with Gasteiger partial charge in [0.05, 0.1) is 0 Å². The second kappa shape index (κ2) is 4.23. The van der Waals surface area contributed by atoms with Crippen molar-refractivity contribution in [3.8, 4) is 6.08 Å². The number of rotatable bonds is 2. The second-order valence-electron chi connectivity index (χ2n) is 5.75. The molecule has 0 saturated carbocycles. The van der Waals surface area contributed by atoms with Crippen LogP contribution in [0.2, 0.25) is 0 Å². The molecule has 4 rings (SSSR count). The van der Waals surface area contributed by atoms with Crippen molar-refractivity contribution < 1.29 is 9.15 Å². The Kier molecular flexibility index (Phi) is 2.52. The van der Waals surface area contributed by atoms with Gasteiger partial charge in [-0.3, -0.25) is 0 Å². The van der Waals surface area contributed by atoms with Gasteiger partial charge in [-0.2, -0.15) is 4.98 Å².